The van der Waals surface area contributed by atoms with Crippen molar-refractivity contribution in [2.45, 2.75) is 11.0 Å². The summed E-state index contributed by atoms with van der Waals surface area (Å²) in [6, 6.07) is 16.4. The molecule has 0 spiro atoms. The maximum Gasteiger partial charge on any atom is 0.264 e. The first-order valence-corrected chi connectivity index (χ1v) is 11.5. The number of amides is 1. The highest BCUT2D eigenvalue weighted by Crippen LogP contribution is 2.37. The van der Waals surface area contributed by atoms with Crippen molar-refractivity contribution in [1.82, 2.24) is 0 Å². The third kappa shape index (κ3) is 5.14. The minimum atomic E-state index is -4.27. The molecule has 0 aliphatic heterocycles. The lowest BCUT2D eigenvalue weighted by Crippen LogP contribution is -2.39. The SMILES string of the molecule is NC(=O)CN(c1ccc(Cl)cc1C(O)c1ccccc1Cl)S(=O)(=O)c1cccc(Cl)c1. The van der Waals surface area contributed by atoms with E-state index in [-0.39, 0.29) is 31.2 Å². The number of primary amides is 1. The Bertz CT molecular complexity index is 1230. The zero-order chi connectivity index (χ0) is 22.8. The number of sulfonamides is 1. The van der Waals surface area contributed by atoms with E-state index in [0.717, 1.165) is 4.31 Å². The summed E-state index contributed by atoms with van der Waals surface area (Å²) in [7, 11) is -4.27. The molecule has 31 heavy (non-hydrogen) atoms. The maximum absolute atomic E-state index is 13.4. The van der Waals surface area contributed by atoms with E-state index < -0.39 is 28.6 Å². The van der Waals surface area contributed by atoms with Gasteiger partial charge >= 0.3 is 0 Å². The summed E-state index contributed by atoms with van der Waals surface area (Å²) in [4.78, 5) is 11.6. The van der Waals surface area contributed by atoms with Gasteiger partial charge < -0.3 is 10.8 Å². The molecule has 0 saturated heterocycles. The van der Waals surface area contributed by atoms with Crippen LogP contribution in [0.15, 0.2) is 71.6 Å². The molecular formula is C21H17Cl3N2O4S. The Morgan fingerprint density at radius 1 is 0.935 bits per heavy atom. The Morgan fingerprint density at radius 2 is 1.61 bits per heavy atom. The zero-order valence-corrected chi connectivity index (χ0v) is 19.0. The first kappa shape index (κ1) is 23.4. The summed E-state index contributed by atoms with van der Waals surface area (Å²) in [5.74, 6) is -0.890. The average Bonchev–Trinajstić information content (AvgIpc) is 2.72. The van der Waals surface area contributed by atoms with Gasteiger partial charge in [-0.05, 0) is 42.5 Å². The minimum Gasteiger partial charge on any atom is -0.384 e. The molecule has 0 aliphatic carbocycles. The predicted octanol–water partition coefficient (Wildman–Crippen LogP) is 4.41. The first-order chi connectivity index (χ1) is 14.6. The van der Waals surface area contributed by atoms with Gasteiger partial charge in [-0.2, -0.15) is 0 Å². The highest BCUT2D eigenvalue weighted by molar-refractivity contribution is 7.92. The number of hydrogen-bond acceptors (Lipinski definition) is 4. The molecule has 0 aromatic heterocycles. The minimum absolute atomic E-state index is 0.0237. The number of benzene rings is 3. The van der Waals surface area contributed by atoms with Gasteiger partial charge in [0.15, 0.2) is 0 Å². The number of halogens is 3. The third-order valence-electron chi connectivity index (χ3n) is 4.44. The molecule has 0 heterocycles. The van der Waals surface area contributed by atoms with Gasteiger partial charge in [0.25, 0.3) is 10.0 Å². The largest absolute Gasteiger partial charge is 0.384 e. The van der Waals surface area contributed by atoms with Gasteiger partial charge in [-0.1, -0.05) is 59.1 Å². The molecule has 0 fully saturated rings. The first-order valence-electron chi connectivity index (χ1n) is 8.90. The van der Waals surface area contributed by atoms with Crippen molar-refractivity contribution in [2.24, 2.45) is 5.73 Å². The molecule has 3 rings (SSSR count). The Labute approximate surface area is 194 Å². The van der Waals surface area contributed by atoms with Crippen molar-refractivity contribution in [2.75, 3.05) is 10.8 Å². The highest BCUT2D eigenvalue weighted by atomic mass is 35.5. The van der Waals surface area contributed by atoms with Crippen LogP contribution < -0.4 is 10.0 Å². The second-order valence-corrected chi connectivity index (χ2v) is 9.70. The molecule has 162 valence electrons. The Morgan fingerprint density at radius 3 is 2.26 bits per heavy atom. The van der Waals surface area contributed by atoms with Crippen molar-refractivity contribution >= 4 is 56.4 Å². The molecule has 10 heteroatoms. The molecule has 3 aromatic rings. The van der Waals surface area contributed by atoms with E-state index in [1.54, 1.807) is 24.3 Å². The number of nitrogens with two attached hydrogens (primary N) is 1. The Kier molecular flexibility index (Phi) is 7.13. The van der Waals surface area contributed by atoms with Crippen LogP contribution in [-0.2, 0) is 14.8 Å². The van der Waals surface area contributed by atoms with Crippen molar-refractivity contribution in [1.29, 1.82) is 0 Å². The van der Waals surface area contributed by atoms with Crippen LogP contribution in [0.3, 0.4) is 0 Å². The van der Waals surface area contributed by atoms with E-state index >= 15 is 0 Å². The third-order valence-corrected chi connectivity index (χ3v) is 7.01. The Balaban J connectivity index is 2.21. The number of aliphatic hydroxyl groups excluding tert-OH is 1. The van der Waals surface area contributed by atoms with Crippen LogP contribution in [0.1, 0.15) is 17.2 Å². The van der Waals surface area contributed by atoms with Crippen LogP contribution in [0.2, 0.25) is 15.1 Å². The fraction of sp³-hybridized carbons (Fsp3) is 0.0952. The van der Waals surface area contributed by atoms with Crippen molar-refractivity contribution in [3.63, 3.8) is 0 Å². The fourth-order valence-electron chi connectivity index (χ4n) is 3.03. The van der Waals surface area contributed by atoms with E-state index in [2.05, 4.69) is 0 Å². The van der Waals surface area contributed by atoms with Crippen molar-refractivity contribution in [3.05, 3.63) is 92.9 Å². The van der Waals surface area contributed by atoms with Gasteiger partial charge in [0.05, 0.1) is 10.6 Å². The fourth-order valence-corrected chi connectivity index (χ4v) is 5.21. The predicted molar refractivity (Wildman–Crippen MR) is 122 cm³/mol. The number of nitrogens with zero attached hydrogens (tertiary/aromatic N) is 1. The number of carbonyl (C=O) groups excluding carboxylic acids is 1. The van der Waals surface area contributed by atoms with Crippen molar-refractivity contribution < 1.29 is 18.3 Å². The monoisotopic (exact) mass is 498 g/mol. The molecule has 1 unspecified atom stereocenters. The Hall–Kier alpha value is -2.29. The van der Waals surface area contributed by atoms with Gasteiger partial charge in [0.2, 0.25) is 5.91 Å². The second kappa shape index (κ2) is 9.46. The standard InChI is InChI=1S/C21H17Cl3N2O4S/c22-13-4-3-5-15(10-13)31(29,30)26(12-20(25)27)19-9-8-14(23)11-17(19)21(28)16-6-1-2-7-18(16)24/h1-11,21,28H,12H2,(H2,25,27). The van der Waals surface area contributed by atoms with E-state index in [1.165, 1.54) is 42.5 Å². The molecule has 0 aliphatic rings. The summed E-state index contributed by atoms with van der Waals surface area (Å²) < 4.78 is 27.6. The summed E-state index contributed by atoms with van der Waals surface area (Å²) >= 11 is 18.3. The molecule has 3 N–H and O–H groups in total. The van der Waals surface area contributed by atoms with Crippen molar-refractivity contribution in [3.8, 4) is 0 Å². The van der Waals surface area contributed by atoms with Crippen LogP contribution in [-0.4, -0.2) is 26.0 Å². The number of rotatable bonds is 7. The van der Waals surface area contributed by atoms with Crippen LogP contribution in [0, 0.1) is 0 Å². The van der Waals surface area contributed by atoms with Crippen LogP contribution in [0.4, 0.5) is 5.69 Å². The molecule has 0 saturated carbocycles. The van der Waals surface area contributed by atoms with E-state index in [4.69, 9.17) is 40.5 Å². The van der Waals surface area contributed by atoms with E-state index in [9.17, 15) is 18.3 Å². The van der Waals surface area contributed by atoms with Gasteiger partial charge in [-0.25, -0.2) is 8.42 Å². The molecule has 3 aromatic carbocycles. The summed E-state index contributed by atoms with van der Waals surface area (Å²) in [6.45, 7) is -0.668. The van der Waals surface area contributed by atoms with E-state index in [1.807, 2.05) is 0 Å². The number of aliphatic hydroxyl groups is 1. The zero-order valence-electron chi connectivity index (χ0n) is 15.9. The molecule has 6 nitrogen and oxygen atoms in total. The summed E-state index contributed by atoms with van der Waals surface area (Å²) in [5.41, 5.74) is 5.84. The number of hydrogen-bond donors (Lipinski definition) is 2. The van der Waals surface area contributed by atoms with E-state index in [0.29, 0.717) is 5.56 Å². The van der Waals surface area contributed by atoms with Crippen LogP contribution in [0.5, 0.6) is 0 Å². The molecule has 1 atom stereocenters. The van der Waals surface area contributed by atoms with Gasteiger partial charge in [-0.3, -0.25) is 9.10 Å². The number of carbonyl (C=O) groups is 1. The van der Waals surface area contributed by atoms with Crippen LogP contribution in [0.25, 0.3) is 0 Å². The van der Waals surface area contributed by atoms with Gasteiger partial charge in [0.1, 0.15) is 12.6 Å². The lowest BCUT2D eigenvalue weighted by molar-refractivity contribution is -0.116. The van der Waals surface area contributed by atoms with Gasteiger partial charge in [-0.15, -0.1) is 0 Å². The second-order valence-electron chi connectivity index (χ2n) is 6.56. The quantitative estimate of drug-likeness (QED) is 0.503. The van der Waals surface area contributed by atoms with Gasteiger partial charge in [0, 0.05) is 26.2 Å². The smallest absolute Gasteiger partial charge is 0.264 e. The topological polar surface area (TPSA) is 101 Å². The number of anilines is 1. The lowest BCUT2D eigenvalue weighted by Gasteiger charge is -2.27. The molecule has 0 radical (unpaired) electrons. The normalized spacial score (nSPS) is 12.4. The molecular weight excluding hydrogens is 483 g/mol. The summed E-state index contributed by atoms with van der Waals surface area (Å²) in [5, 5.41) is 11.8. The van der Waals surface area contributed by atoms with Crippen LogP contribution >= 0.6 is 34.8 Å². The molecule has 0 bridgehead atoms. The highest BCUT2D eigenvalue weighted by Gasteiger charge is 2.30. The maximum atomic E-state index is 13.4. The lowest BCUT2D eigenvalue weighted by atomic mass is 9.99. The molecule has 1 amide bonds. The average molecular weight is 500 g/mol. The summed E-state index contributed by atoms with van der Waals surface area (Å²) in [6.07, 6.45) is -1.33.